The first-order valence-corrected chi connectivity index (χ1v) is 6.72. The van der Waals surface area contributed by atoms with Crippen LogP contribution in [-0.4, -0.2) is 24.6 Å². The minimum atomic E-state index is -0.341. The second kappa shape index (κ2) is 5.57. The third-order valence-corrected chi connectivity index (χ3v) is 4.20. The van der Waals surface area contributed by atoms with Gasteiger partial charge in [0.1, 0.15) is 0 Å². The molecule has 2 unspecified atom stereocenters. The smallest absolute Gasteiger partial charge is 0.271 e. The fraction of sp³-hybridized carbons (Fsp3) is 0.571. The minimum Gasteiger partial charge on any atom is -0.371 e. The number of nitrogens with two attached hydrogens (primary N) is 1. The standard InChI is InChI=1S/C14H21N3O2/c1-10-6-7-12(17(18)19)8-14(10)16(2)13-5-3-4-11(13)9-15/h6-8,11,13H,3-5,9,15H2,1-2H3. The molecule has 1 aliphatic carbocycles. The highest BCUT2D eigenvalue weighted by Gasteiger charge is 2.30. The number of nitrogens with zero attached hydrogens (tertiary/aromatic N) is 2. The van der Waals surface area contributed by atoms with E-state index in [4.69, 9.17) is 5.73 Å². The van der Waals surface area contributed by atoms with Crippen molar-refractivity contribution in [1.29, 1.82) is 0 Å². The highest BCUT2D eigenvalue weighted by molar-refractivity contribution is 5.59. The zero-order chi connectivity index (χ0) is 14.0. The van der Waals surface area contributed by atoms with Gasteiger partial charge in [0.25, 0.3) is 5.69 Å². The molecule has 19 heavy (non-hydrogen) atoms. The van der Waals surface area contributed by atoms with Crippen molar-refractivity contribution in [2.75, 3.05) is 18.5 Å². The fourth-order valence-electron chi connectivity index (χ4n) is 3.07. The third kappa shape index (κ3) is 2.71. The van der Waals surface area contributed by atoms with E-state index in [0.717, 1.165) is 24.1 Å². The summed E-state index contributed by atoms with van der Waals surface area (Å²) in [6.45, 7) is 2.67. The Bertz CT molecular complexity index is 476. The first-order valence-electron chi connectivity index (χ1n) is 6.72. The Labute approximate surface area is 113 Å². The van der Waals surface area contributed by atoms with Crippen molar-refractivity contribution in [3.8, 4) is 0 Å². The molecule has 0 spiro atoms. The van der Waals surface area contributed by atoms with Gasteiger partial charge in [0, 0.05) is 30.9 Å². The second-order valence-corrected chi connectivity index (χ2v) is 5.33. The molecule has 1 saturated carbocycles. The number of rotatable bonds is 4. The Morgan fingerprint density at radius 3 is 2.84 bits per heavy atom. The van der Waals surface area contributed by atoms with Gasteiger partial charge in [-0.05, 0) is 37.8 Å². The van der Waals surface area contributed by atoms with Crippen molar-refractivity contribution in [2.24, 2.45) is 11.7 Å². The van der Waals surface area contributed by atoms with E-state index in [2.05, 4.69) is 4.90 Å². The molecule has 1 fully saturated rings. The Morgan fingerprint density at radius 1 is 1.47 bits per heavy atom. The molecule has 0 bridgehead atoms. The lowest BCUT2D eigenvalue weighted by molar-refractivity contribution is -0.384. The molecule has 1 aromatic rings. The predicted molar refractivity (Wildman–Crippen MR) is 76.4 cm³/mol. The van der Waals surface area contributed by atoms with Crippen LogP contribution in [0.3, 0.4) is 0 Å². The summed E-state index contributed by atoms with van der Waals surface area (Å²) < 4.78 is 0. The molecule has 0 heterocycles. The molecule has 104 valence electrons. The van der Waals surface area contributed by atoms with Crippen molar-refractivity contribution in [1.82, 2.24) is 0 Å². The Balaban J connectivity index is 2.29. The van der Waals surface area contributed by atoms with Crippen LogP contribution in [0.25, 0.3) is 0 Å². The summed E-state index contributed by atoms with van der Waals surface area (Å²) >= 11 is 0. The summed E-state index contributed by atoms with van der Waals surface area (Å²) in [5.41, 5.74) is 7.98. The van der Waals surface area contributed by atoms with Gasteiger partial charge in [-0.1, -0.05) is 12.5 Å². The van der Waals surface area contributed by atoms with Gasteiger partial charge in [0.05, 0.1) is 4.92 Å². The summed E-state index contributed by atoms with van der Waals surface area (Å²) in [6.07, 6.45) is 3.45. The predicted octanol–water partition coefficient (Wildman–Crippen LogP) is 2.47. The zero-order valence-electron chi connectivity index (χ0n) is 11.5. The first-order chi connectivity index (χ1) is 9.04. The van der Waals surface area contributed by atoms with Crippen LogP contribution in [0.15, 0.2) is 18.2 Å². The molecule has 2 N–H and O–H groups in total. The van der Waals surface area contributed by atoms with E-state index in [1.165, 1.54) is 6.42 Å². The third-order valence-electron chi connectivity index (χ3n) is 4.20. The second-order valence-electron chi connectivity index (χ2n) is 5.33. The number of anilines is 1. The highest BCUT2D eigenvalue weighted by atomic mass is 16.6. The number of nitro groups is 1. The molecule has 5 nitrogen and oxygen atoms in total. The van der Waals surface area contributed by atoms with Gasteiger partial charge >= 0.3 is 0 Å². The van der Waals surface area contributed by atoms with Gasteiger partial charge in [0.15, 0.2) is 0 Å². The molecule has 2 atom stereocenters. The van der Waals surface area contributed by atoms with E-state index in [1.807, 2.05) is 20.0 Å². The average Bonchev–Trinajstić information content (AvgIpc) is 2.86. The molecule has 0 amide bonds. The zero-order valence-corrected chi connectivity index (χ0v) is 11.5. The Hall–Kier alpha value is -1.62. The average molecular weight is 263 g/mol. The minimum absolute atomic E-state index is 0.148. The molecular formula is C14H21N3O2. The molecule has 0 radical (unpaired) electrons. The van der Waals surface area contributed by atoms with E-state index in [-0.39, 0.29) is 10.6 Å². The van der Waals surface area contributed by atoms with Crippen molar-refractivity contribution < 1.29 is 4.92 Å². The summed E-state index contributed by atoms with van der Waals surface area (Å²) in [6, 6.07) is 5.44. The number of benzene rings is 1. The van der Waals surface area contributed by atoms with Gasteiger partial charge < -0.3 is 10.6 Å². The topological polar surface area (TPSA) is 72.4 Å². The maximum absolute atomic E-state index is 10.9. The molecule has 1 aliphatic rings. The number of non-ortho nitro benzene ring substituents is 1. The van der Waals surface area contributed by atoms with Gasteiger partial charge in [0.2, 0.25) is 0 Å². The maximum atomic E-state index is 10.9. The van der Waals surface area contributed by atoms with Gasteiger partial charge in [-0.25, -0.2) is 0 Å². The van der Waals surface area contributed by atoms with Crippen molar-refractivity contribution in [2.45, 2.75) is 32.2 Å². The normalized spacial score (nSPS) is 22.5. The number of aryl methyl sites for hydroxylation is 1. The van der Waals surface area contributed by atoms with Crippen LogP contribution in [0.4, 0.5) is 11.4 Å². The van der Waals surface area contributed by atoms with Crippen LogP contribution < -0.4 is 10.6 Å². The largest absolute Gasteiger partial charge is 0.371 e. The van der Waals surface area contributed by atoms with E-state index >= 15 is 0 Å². The van der Waals surface area contributed by atoms with Crippen LogP contribution in [0.2, 0.25) is 0 Å². The van der Waals surface area contributed by atoms with E-state index in [0.29, 0.717) is 18.5 Å². The van der Waals surface area contributed by atoms with E-state index < -0.39 is 0 Å². The molecule has 2 rings (SSSR count). The lowest BCUT2D eigenvalue weighted by atomic mass is 10.0. The van der Waals surface area contributed by atoms with E-state index in [9.17, 15) is 10.1 Å². The van der Waals surface area contributed by atoms with Gasteiger partial charge in [-0.3, -0.25) is 10.1 Å². The molecule has 0 aromatic heterocycles. The summed E-state index contributed by atoms with van der Waals surface area (Å²) in [5.74, 6) is 0.490. The first kappa shape index (κ1) is 13.8. The summed E-state index contributed by atoms with van der Waals surface area (Å²) in [5, 5.41) is 10.9. The van der Waals surface area contributed by atoms with Crippen LogP contribution in [0.1, 0.15) is 24.8 Å². The molecular weight excluding hydrogens is 242 g/mol. The van der Waals surface area contributed by atoms with Crippen LogP contribution in [0, 0.1) is 23.0 Å². The molecule has 0 saturated heterocycles. The van der Waals surface area contributed by atoms with Crippen molar-refractivity contribution in [3.63, 3.8) is 0 Å². The van der Waals surface area contributed by atoms with Crippen LogP contribution >= 0.6 is 0 Å². The van der Waals surface area contributed by atoms with E-state index in [1.54, 1.807) is 12.1 Å². The number of hydrogen-bond donors (Lipinski definition) is 1. The molecule has 1 aromatic carbocycles. The Morgan fingerprint density at radius 2 is 2.21 bits per heavy atom. The highest BCUT2D eigenvalue weighted by Crippen LogP contribution is 2.34. The molecule has 5 heteroatoms. The van der Waals surface area contributed by atoms with Crippen molar-refractivity contribution in [3.05, 3.63) is 33.9 Å². The number of nitro benzene ring substituents is 1. The monoisotopic (exact) mass is 263 g/mol. The molecule has 0 aliphatic heterocycles. The number of hydrogen-bond acceptors (Lipinski definition) is 4. The van der Waals surface area contributed by atoms with Crippen LogP contribution in [0.5, 0.6) is 0 Å². The summed E-state index contributed by atoms with van der Waals surface area (Å²) in [7, 11) is 2.02. The van der Waals surface area contributed by atoms with Crippen LogP contribution in [-0.2, 0) is 0 Å². The maximum Gasteiger partial charge on any atom is 0.271 e. The van der Waals surface area contributed by atoms with Crippen molar-refractivity contribution >= 4 is 11.4 Å². The Kier molecular flexibility index (Phi) is 4.04. The lowest BCUT2D eigenvalue weighted by Crippen LogP contribution is -2.38. The SMILES string of the molecule is Cc1ccc([N+](=O)[O-])cc1N(C)C1CCCC1CN. The van der Waals surface area contributed by atoms with Gasteiger partial charge in [-0.15, -0.1) is 0 Å². The van der Waals surface area contributed by atoms with Gasteiger partial charge in [-0.2, -0.15) is 0 Å². The fourth-order valence-corrected chi connectivity index (χ4v) is 3.07. The lowest BCUT2D eigenvalue weighted by Gasteiger charge is -2.32. The summed E-state index contributed by atoms with van der Waals surface area (Å²) in [4.78, 5) is 12.7. The quantitative estimate of drug-likeness (QED) is 0.669.